The van der Waals surface area contributed by atoms with Crippen LogP contribution in [0.15, 0.2) is 12.2 Å². The monoisotopic (exact) mass is 194 g/mol. The lowest BCUT2D eigenvalue weighted by molar-refractivity contribution is -0.128. The second kappa shape index (κ2) is 2.50. The first-order valence-corrected chi connectivity index (χ1v) is 4.10. The first-order valence-electron chi connectivity index (χ1n) is 4.10. The highest BCUT2D eigenvalue weighted by Gasteiger charge is 2.58. The van der Waals surface area contributed by atoms with Gasteiger partial charge in [-0.15, -0.1) is 0 Å². The average molecular weight is 194 g/mol. The van der Waals surface area contributed by atoms with Crippen LogP contribution >= 0.6 is 0 Å². The largest absolute Gasteiger partial charge is 0.414 e. The lowest BCUT2D eigenvalue weighted by atomic mass is 9.81. The fourth-order valence-electron chi connectivity index (χ4n) is 1.31. The van der Waals surface area contributed by atoms with Crippen molar-refractivity contribution in [2.75, 3.05) is 0 Å². The van der Waals surface area contributed by atoms with Crippen LogP contribution in [-0.4, -0.2) is 16.9 Å². The van der Waals surface area contributed by atoms with Crippen LogP contribution in [0, 0.1) is 5.41 Å². The molecule has 1 saturated carbocycles. The van der Waals surface area contributed by atoms with Crippen LogP contribution in [0.2, 0.25) is 0 Å². The normalized spacial score (nSPS) is 25.1. The number of aliphatic hydroxyl groups is 1. The fraction of sp³-hybridized carbons (Fsp3) is 0.778. The van der Waals surface area contributed by atoms with Crippen LogP contribution < -0.4 is 0 Å². The molecule has 1 rings (SSSR count). The third-order valence-corrected chi connectivity index (χ3v) is 3.11. The van der Waals surface area contributed by atoms with E-state index in [1.807, 2.05) is 0 Å². The van der Waals surface area contributed by atoms with Gasteiger partial charge >= 0.3 is 6.18 Å². The van der Waals surface area contributed by atoms with E-state index in [-0.39, 0.29) is 0 Å². The van der Waals surface area contributed by atoms with E-state index < -0.39 is 22.8 Å². The Morgan fingerprint density at radius 2 is 1.77 bits per heavy atom. The molecule has 0 bridgehead atoms. The van der Waals surface area contributed by atoms with Gasteiger partial charge in [0.05, 0.1) is 11.2 Å². The smallest absolute Gasteiger partial charge is 0.385 e. The summed E-state index contributed by atoms with van der Waals surface area (Å²) in [4.78, 5) is 0. The van der Waals surface area contributed by atoms with Crippen molar-refractivity contribution in [2.24, 2.45) is 5.41 Å². The average Bonchev–Trinajstić information content (AvgIpc) is 2.65. The maximum Gasteiger partial charge on any atom is 0.414 e. The Bertz CT molecular complexity index is 236. The van der Waals surface area contributed by atoms with Crippen molar-refractivity contribution in [3.63, 3.8) is 0 Å². The van der Waals surface area contributed by atoms with E-state index in [2.05, 4.69) is 6.58 Å². The van der Waals surface area contributed by atoms with E-state index in [9.17, 15) is 18.3 Å². The Morgan fingerprint density at radius 3 is 2.00 bits per heavy atom. The Balaban J connectivity index is 2.88. The second-order valence-corrected chi connectivity index (χ2v) is 4.11. The minimum absolute atomic E-state index is 0.620. The van der Waals surface area contributed by atoms with E-state index in [1.54, 1.807) is 6.92 Å². The SMILES string of the molecule is C=C(C(F)(F)F)C(C)(O)C1(C)CC1. The lowest BCUT2D eigenvalue weighted by Crippen LogP contribution is -2.41. The topological polar surface area (TPSA) is 20.2 Å². The molecular formula is C9H13F3O. The molecule has 1 unspecified atom stereocenters. The van der Waals surface area contributed by atoms with Crippen LogP contribution in [0.4, 0.5) is 13.2 Å². The van der Waals surface area contributed by atoms with Crippen LogP contribution in [0.5, 0.6) is 0 Å². The Kier molecular flexibility index (Phi) is 2.03. The van der Waals surface area contributed by atoms with E-state index in [0.29, 0.717) is 12.8 Å². The molecule has 1 aliphatic carbocycles. The van der Waals surface area contributed by atoms with Gasteiger partial charge in [-0.05, 0) is 19.8 Å². The molecule has 1 aliphatic rings. The Hall–Kier alpha value is -0.510. The molecule has 0 aromatic heterocycles. The van der Waals surface area contributed by atoms with E-state index in [1.165, 1.54) is 6.92 Å². The highest BCUT2D eigenvalue weighted by atomic mass is 19.4. The molecule has 0 radical (unpaired) electrons. The molecule has 0 saturated heterocycles. The zero-order valence-corrected chi connectivity index (χ0v) is 7.70. The molecule has 76 valence electrons. The predicted octanol–water partition coefficient (Wildman–Crippen LogP) is 2.66. The van der Waals surface area contributed by atoms with Crippen LogP contribution in [0.25, 0.3) is 0 Å². The first kappa shape index (κ1) is 10.6. The number of halogens is 3. The van der Waals surface area contributed by atoms with Crippen molar-refractivity contribution >= 4 is 0 Å². The third-order valence-electron chi connectivity index (χ3n) is 3.11. The van der Waals surface area contributed by atoms with Crippen molar-refractivity contribution in [2.45, 2.75) is 38.5 Å². The van der Waals surface area contributed by atoms with E-state index >= 15 is 0 Å². The van der Waals surface area contributed by atoms with Gasteiger partial charge in [-0.25, -0.2) is 0 Å². The van der Waals surface area contributed by atoms with Crippen molar-refractivity contribution in [3.8, 4) is 0 Å². The molecule has 4 heteroatoms. The molecule has 0 amide bonds. The summed E-state index contributed by atoms with van der Waals surface area (Å²) in [7, 11) is 0. The summed E-state index contributed by atoms with van der Waals surface area (Å²) in [5.41, 5.74) is -3.51. The number of rotatable bonds is 2. The summed E-state index contributed by atoms with van der Waals surface area (Å²) in [6, 6.07) is 0. The van der Waals surface area contributed by atoms with Crippen molar-refractivity contribution in [1.82, 2.24) is 0 Å². The van der Waals surface area contributed by atoms with E-state index in [0.717, 1.165) is 0 Å². The molecule has 0 aromatic rings. The van der Waals surface area contributed by atoms with Gasteiger partial charge in [-0.1, -0.05) is 13.5 Å². The first-order chi connectivity index (χ1) is 5.61. The van der Waals surface area contributed by atoms with E-state index in [4.69, 9.17) is 0 Å². The summed E-state index contributed by atoms with van der Waals surface area (Å²) in [6.07, 6.45) is -3.26. The second-order valence-electron chi connectivity index (χ2n) is 4.11. The molecule has 0 heterocycles. The molecule has 1 N–H and O–H groups in total. The molecule has 0 spiro atoms. The van der Waals surface area contributed by atoms with Crippen molar-refractivity contribution in [1.29, 1.82) is 0 Å². The van der Waals surface area contributed by atoms with Crippen LogP contribution in [-0.2, 0) is 0 Å². The van der Waals surface area contributed by atoms with Gasteiger partial charge < -0.3 is 5.11 Å². The maximum atomic E-state index is 12.2. The van der Waals surface area contributed by atoms with Gasteiger partial charge in [0.25, 0.3) is 0 Å². The van der Waals surface area contributed by atoms with Crippen molar-refractivity contribution in [3.05, 3.63) is 12.2 Å². The Labute approximate surface area is 75.3 Å². The highest BCUT2D eigenvalue weighted by Crippen LogP contribution is 2.57. The molecular weight excluding hydrogens is 181 g/mol. The molecule has 1 nitrogen and oxygen atoms in total. The van der Waals surface area contributed by atoms with Gasteiger partial charge in [0.15, 0.2) is 0 Å². The zero-order valence-electron chi connectivity index (χ0n) is 7.70. The van der Waals surface area contributed by atoms with Gasteiger partial charge in [0.1, 0.15) is 0 Å². The third kappa shape index (κ3) is 1.59. The predicted molar refractivity (Wildman–Crippen MR) is 43.2 cm³/mol. The quantitative estimate of drug-likeness (QED) is 0.670. The fourth-order valence-corrected chi connectivity index (χ4v) is 1.31. The number of hydrogen-bond donors (Lipinski definition) is 1. The van der Waals surface area contributed by atoms with Gasteiger partial charge in [-0.3, -0.25) is 0 Å². The molecule has 0 aromatic carbocycles. The van der Waals surface area contributed by atoms with Gasteiger partial charge in [0.2, 0.25) is 0 Å². The van der Waals surface area contributed by atoms with Gasteiger partial charge in [-0.2, -0.15) is 13.2 Å². The Morgan fingerprint density at radius 1 is 1.38 bits per heavy atom. The molecule has 0 aliphatic heterocycles. The minimum Gasteiger partial charge on any atom is -0.385 e. The van der Waals surface area contributed by atoms with Crippen molar-refractivity contribution < 1.29 is 18.3 Å². The van der Waals surface area contributed by atoms with Crippen LogP contribution in [0.1, 0.15) is 26.7 Å². The number of hydrogen-bond acceptors (Lipinski definition) is 1. The molecule has 1 fully saturated rings. The summed E-state index contributed by atoms with van der Waals surface area (Å²) in [6.45, 7) is 5.76. The highest BCUT2D eigenvalue weighted by molar-refractivity contribution is 5.25. The molecule has 13 heavy (non-hydrogen) atoms. The van der Waals surface area contributed by atoms with Crippen LogP contribution in [0.3, 0.4) is 0 Å². The minimum atomic E-state index is -4.50. The van der Waals surface area contributed by atoms with Gasteiger partial charge in [0, 0.05) is 5.41 Å². The standard InChI is InChI=1S/C9H13F3O/c1-6(9(10,11)12)8(3,13)7(2)4-5-7/h13H,1,4-5H2,2-3H3. The zero-order chi connectivity index (χ0) is 10.5. The summed E-state index contributed by atoms with van der Waals surface area (Å²) in [5, 5.41) is 9.70. The summed E-state index contributed by atoms with van der Waals surface area (Å²) >= 11 is 0. The number of alkyl halides is 3. The maximum absolute atomic E-state index is 12.2. The lowest BCUT2D eigenvalue weighted by Gasteiger charge is -2.33. The molecule has 1 atom stereocenters. The summed E-state index contributed by atoms with van der Waals surface area (Å²) in [5.74, 6) is 0. The summed E-state index contributed by atoms with van der Waals surface area (Å²) < 4.78 is 36.7.